The molecule has 146 valence electrons. The third-order valence-corrected chi connectivity index (χ3v) is 6.12. The third-order valence-electron chi connectivity index (χ3n) is 6.12. The maximum absolute atomic E-state index is 12.3. The molecule has 0 radical (unpaired) electrons. The van der Waals surface area contributed by atoms with Gasteiger partial charge in [0.2, 0.25) is 0 Å². The predicted octanol–water partition coefficient (Wildman–Crippen LogP) is 2.63. The summed E-state index contributed by atoms with van der Waals surface area (Å²) in [5.41, 5.74) is 2.35. The number of rotatable bonds is 6. The van der Waals surface area contributed by atoms with Crippen LogP contribution in [0.2, 0.25) is 0 Å². The van der Waals surface area contributed by atoms with Crippen molar-refractivity contribution in [3.8, 4) is 0 Å². The van der Waals surface area contributed by atoms with E-state index in [4.69, 9.17) is 9.72 Å². The molecule has 3 aliphatic rings. The molecule has 27 heavy (non-hydrogen) atoms. The summed E-state index contributed by atoms with van der Waals surface area (Å²) < 4.78 is 7.21. The number of benzene rings is 1. The number of nitrogens with zero attached hydrogens (tertiary/aromatic N) is 3. The zero-order valence-corrected chi connectivity index (χ0v) is 16.6. The van der Waals surface area contributed by atoms with Crippen LogP contribution >= 0.6 is 0 Å². The summed E-state index contributed by atoms with van der Waals surface area (Å²) in [7, 11) is 1.43. The molecule has 1 aromatic heterocycles. The largest absolute Gasteiger partial charge is 0.465 e. The van der Waals surface area contributed by atoms with Gasteiger partial charge in [0.15, 0.2) is 0 Å². The highest BCUT2D eigenvalue weighted by Crippen LogP contribution is 2.28. The highest BCUT2D eigenvalue weighted by Gasteiger charge is 2.33. The van der Waals surface area contributed by atoms with Crippen molar-refractivity contribution in [1.29, 1.82) is 0 Å². The lowest BCUT2D eigenvalue weighted by Crippen LogP contribution is -2.56. The summed E-state index contributed by atoms with van der Waals surface area (Å²) in [5.74, 6) is 1.82. The first-order chi connectivity index (χ1) is 13.1. The van der Waals surface area contributed by atoms with E-state index in [0.29, 0.717) is 17.5 Å². The van der Waals surface area contributed by atoms with Gasteiger partial charge >= 0.3 is 5.97 Å². The van der Waals surface area contributed by atoms with Gasteiger partial charge < -0.3 is 19.5 Å². The van der Waals surface area contributed by atoms with Crippen molar-refractivity contribution < 1.29 is 9.53 Å². The second-order valence-corrected chi connectivity index (χ2v) is 8.14. The zero-order chi connectivity index (χ0) is 19.0. The number of hydrogen-bond acceptors (Lipinski definition) is 5. The molecular weight excluding hydrogens is 340 g/mol. The van der Waals surface area contributed by atoms with Gasteiger partial charge in [-0.25, -0.2) is 9.78 Å². The Morgan fingerprint density at radius 3 is 2.74 bits per heavy atom. The maximum Gasteiger partial charge on any atom is 0.340 e. The number of ether oxygens (including phenoxy) is 1. The van der Waals surface area contributed by atoms with Gasteiger partial charge in [-0.05, 0) is 44.0 Å². The number of carbonyl (C=O) groups excluding carboxylic acids is 1. The minimum atomic E-state index is -0.303. The van der Waals surface area contributed by atoms with Crippen molar-refractivity contribution in [2.45, 2.75) is 45.2 Å². The fourth-order valence-corrected chi connectivity index (χ4v) is 4.70. The summed E-state index contributed by atoms with van der Waals surface area (Å²) in [4.78, 5) is 19.7. The number of carbonyl (C=O) groups is 1. The molecule has 6 nitrogen and oxygen atoms in total. The van der Waals surface area contributed by atoms with E-state index in [1.54, 1.807) is 0 Å². The van der Waals surface area contributed by atoms with Crippen molar-refractivity contribution in [1.82, 2.24) is 19.8 Å². The van der Waals surface area contributed by atoms with E-state index in [-0.39, 0.29) is 5.97 Å². The molecule has 0 spiro atoms. The number of fused-ring (bicyclic) bond motifs is 4. The predicted molar refractivity (Wildman–Crippen MR) is 106 cm³/mol. The average molecular weight is 370 g/mol. The number of methoxy groups -OCH3 is 1. The monoisotopic (exact) mass is 370 g/mol. The lowest BCUT2D eigenvalue weighted by molar-refractivity contribution is 0.0602. The van der Waals surface area contributed by atoms with Crippen LogP contribution in [0.3, 0.4) is 0 Å². The Morgan fingerprint density at radius 1 is 1.33 bits per heavy atom. The van der Waals surface area contributed by atoms with Crippen LogP contribution < -0.4 is 5.32 Å². The van der Waals surface area contributed by atoms with Crippen LogP contribution in [0, 0.1) is 5.92 Å². The molecule has 0 saturated carbocycles. The number of para-hydroxylation sites is 1. The Kier molecular flexibility index (Phi) is 5.19. The quantitative estimate of drug-likeness (QED) is 0.792. The van der Waals surface area contributed by atoms with Crippen molar-refractivity contribution >= 4 is 17.0 Å². The van der Waals surface area contributed by atoms with Crippen LogP contribution in [0.5, 0.6) is 0 Å². The van der Waals surface area contributed by atoms with E-state index < -0.39 is 0 Å². The van der Waals surface area contributed by atoms with E-state index in [9.17, 15) is 4.79 Å². The molecule has 1 N–H and O–H groups in total. The molecular formula is C21H30N4O2. The molecule has 0 aliphatic carbocycles. The zero-order valence-electron chi connectivity index (χ0n) is 16.6. The number of piperidine rings is 3. The lowest BCUT2D eigenvalue weighted by Gasteiger charge is -2.45. The molecule has 3 fully saturated rings. The molecule has 0 amide bonds. The van der Waals surface area contributed by atoms with Gasteiger partial charge in [0, 0.05) is 31.6 Å². The summed E-state index contributed by atoms with van der Waals surface area (Å²) in [6.07, 6.45) is 2.63. The summed E-state index contributed by atoms with van der Waals surface area (Å²) >= 11 is 0. The molecule has 2 bridgehead atoms. The van der Waals surface area contributed by atoms with Gasteiger partial charge in [0.1, 0.15) is 5.82 Å². The minimum absolute atomic E-state index is 0.291. The van der Waals surface area contributed by atoms with Crippen molar-refractivity contribution in [2.75, 3.05) is 33.3 Å². The number of aromatic nitrogens is 2. The van der Waals surface area contributed by atoms with Crippen LogP contribution in [0.25, 0.3) is 11.0 Å². The molecule has 1 aromatic carbocycles. The fourth-order valence-electron chi connectivity index (χ4n) is 4.70. The smallest absolute Gasteiger partial charge is 0.340 e. The molecule has 1 unspecified atom stereocenters. The van der Waals surface area contributed by atoms with Crippen LogP contribution in [0.1, 0.15) is 48.8 Å². The van der Waals surface area contributed by atoms with Gasteiger partial charge in [-0.15, -0.1) is 0 Å². The van der Waals surface area contributed by atoms with Crippen LogP contribution in [-0.4, -0.2) is 59.8 Å². The first-order valence-electron chi connectivity index (χ1n) is 10.1. The summed E-state index contributed by atoms with van der Waals surface area (Å²) in [5, 5.41) is 3.78. The second-order valence-electron chi connectivity index (χ2n) is 8.14. The van der Waals surface area contributed by atoms with Crippen molar-refractivity contribution in [2.24, 2.45) is 5.92 Å². The van der Waals surface area contributed by atoms with E-state index in [0.717, 1.165) is 35.9 Å². The Labute approximate surface area is 160 Å². The fraction of sp³-hybridized carbons (Fsp3) is 0.619. The van der Waals surface area contributed by atoms with Gasteiger partial charge in [0.05, 0.1) is 23.7 Å². The Hall–Kier alpha value is -1.92. The first-order valence-corrected chi connectivity index (χ1v) is 10.1. The topological polar surface area (TPSA) is 59.4 Å². The number of esters is 1. The molecule has 6 heteroatoms. The Morgan fingerprint density at radius 2 is 2.11 bits per heavy atom. The highest BCUT2D eigenvalue weighted by atomic mass is 16.5. The number of nitrogens with one attached hydrogen (secondary N) is 1. The van der Waals surface area contributed by atoms with Crippen LogP contribution in [0.4, 0.5) is 0 Å². The standard InChI is InChI=1S/C21H30N4O2/c1-14(2)20-23-17-6-4-5-16(21(26)27-3)19(17)25(20)12-9-22-18-13-24-10-7-15(18)8-11-24/h4-6,14-15,18,22H,7-13H2,1-3H3. The molecule has 1 atom stereocenters. The Bertz CT molecular complexity index is 821. The van der Waals surface area contributed by atoms with Crippen LogP contribution in [-0.2, 0) is 11.3 Å². The van der Waals surface area contributed by atoms with E-state index in [2.05, 4.69) is 28.6 Å². The first kappa shape index (κ1) is 18.4. The van der Waals surface area contributed by atoms with Gasteiger partial charge in [-0.2, -0.15) is 0 Å². The van der Waals surface area contributed by atoms with Crippen molar-refractivity contribution in [3.63, 3.8) is 0 Å². The van der Waals surface area contributed by atoms with Crippen LogP contribution in [0.15, 0.2) is 18.2 Å². The van der Waals surface area contributed by atoms with Crippen molar-refractivity contribution in [3.05, 3.63) is 29.6 Å². The molecule has 2 aromatic rings. The molecule has 3 saturated heterocycles. The van der Waals surface area contributed by atoms with E-state index >= 15 is 0 Å². The maximum atomic E-state index is 12.3. The summed E-state index contributed by atoms with van der Waals surface area (Å²) in [6.45, 7) is 9.67. The summed E-state index contributed by atoms with van der Waals surface area (Å²) in [6, 6.07) is 6.27. The van der Waals surface area contributed by atoms with Gasteiger partial charge in [-0.3, -0.25) is 0 Å². The Balaban J connectivity index is 1.57. The molecule has 3 aliphatic heterocycles. The van der Waals surface area contributed by atoms with E-state index in [1.165, 1.54) is 39.6 Å². The molecule has 4 heterocycles. The number of imidazole rings is 1. The lowest BCUT2D eigenvalue weighted by atomic mass is 9.84. The average Bonchev–Trinajstić information content (AvgIpc) is 3.07. The van der Waals surface area contributed by atoms with Gasteiger partial charge in [-0.1, -0.05) is 19.9 Å². The van der Waals surface area contributed by atoms with E-state index in [1.807, 2.05) is 18.2 Å². The van der Waals surface area contributed by atoms with Gasteiger partial charge in [0.25, 0.3) is 0 Å². The minimum Gasteiger partial charge on any atom is -0.465 e. The third kappa shape index (κ3) is 3.48. The molecule has 5 rings (SSSR count). The number of hydrogen-bond donors (Lipinski definition) is 1. The SMILES string of the molecule is COC(=O)c1cccc2nc(C(C)C)n(CCNC3CN4CCC3CC4)c12. The highest BCUT2D eigenvalue weighted by molar-refractivity contribution is 6.02. The normalized spacial score (nSPS) is 24.7. The second kappa shape index (κ2) is 7.60.